The molecule has 0 aromatic carbocycles. The Kier molecular flexibility index (Phi) is 4.85. The molecule has 2 rings (SSSR count). The molecular weight excluding hydrogens is 286 g/mol. The summed E-state index contributed by atoms with van der Waals surface area (Å²) in [5.74, 6) is 0.463. The number of anilines is 1. The van der Waals surface area contributed by atoms with Crippen molar-refractivity contribution in [3.8, 4) is 6.07 Å². The number of aryl methyl sites for hydroxylation is 1. The third kappa shape index (κ3) is 3.56. The molecule has 0 unspecified atom stereocenters. The van der Waals surface area contributed by atoms with E-state index in [1.807, 2.05) is 26.0 Å². The lowest BCUT2D eigenvalue weighted by atomic mass is 10.1. The van der Waals surface area contributed by atoms with Crippen LogP contribution in [0.4, 0.5) is 5.82 Å². The molecule has 0 fully saturated rings. The van der Waals surface area contributed by atoms with E-state index < -0.39 is 0 Å². The predicted octanol–water partition coefficient (Wildman–Crippen LogP) is 3.17. The Morgan fingerprint density at radius 1 is 1.52 bits per heavy atom. The van der Waals surface area contributed by atoms with Crippen molar-refractivity contribution in [2.45, 2.75) is 13.8 Å². The fourth-order valence-electron chi connectivity index (χ4n) is 1.82. The first-order valence-corrected chi connectivity index (χ1v) is 6.82. The highest BCUT2D eigenvalue weighted by atomic mass is 35.5. The molecule has 21 heavy (non-hydrogen) atoms. The first-order valence-electron chi connectivity index (χ1n) is 6.44. The highest BCUT2D eigenvalue weighted by Crippen LogP contribution is 2.24. The average Bonchev–Trinajstić information content (AvgIpc) is 2.48. The van der Waals surface area contributed by atoms with Crippen LogP contribution in [0.15, 0.2) is 35.7 Å². The van der Waals surface area contributed by atoms with Crippen LogP contribution in [-0.4, -0.2) is 22.7 Å². The zero-order chi connectivity index (χ0) is 15.2. The van der Waals surface area contributed by atoms with Crippen molar-refractivity contribution in [3.05, 3.63) is 52.4 Å². The minimum Gasteiger partial charge on any atom is -0.264 e. The topological polar surface area (TPSA) is 65.2 Å². The Balaban J connectivity index is 2.39. The summed E-state index contributed by atoms with van der Waals surface area (Å²) in [4.78, 5) is 8.25. The summed E-state index contributed by atoms with van der Waals surface area (Å²) >= 11 is 5.99. The van der Waals surface area contributed by atoms with Crippen LogP contribution in [0.1, 0.15) is 23.6 Å². The number of pyridine rings is 2. The molecule has 0 amide bonds. The van der Waals surface area contributed by atoms with Gasteiger partial charge in [-0.25, -0.2) is 9.99 Å². The second-order valence-electron chi connectivity index (χ2n) is 4.32. The molecule has 0 aliphatic heterocycles. The van der Waals surface area contributed by atoms with Gasteiger partial charge in [-0.2, -0.15) is 10.4 Å². The van der Waals surface area contributed by atoms with E-state index in [1.54, 1.807) is 29.7 Å². The Labute approximate surface area is 128 Å². The summed E-state index contributed by atoms with van der Waals surface area (Å²) in [6.07, 6.45) is 5.08. The van der Waals surface area contributed by atoms with Crippen molar-refractivity contribution in [2.75, 3.05) is 11.6 Å². The van der Waals surface area contributed by atoms with Crippen LogP contribution >= 0.6 is 11.6 Å². The maximum Gasteiger partial charge on any atom is 0.168 e. The highest BCUT2D eigenvalue weighted by Gasteiger charge is 2.14. The first-order chi connectivity index (χ1) is 10.2. The van der Waals surface area contributed by atoms with E-state index in [4.69, 9.17) is 11.6 Å². The van der Waals surface area contributed by atoms with Crippen molar-refractivity contribution >= 4 is 23.6 Å². The number of nitriles is 1. The summed E-state index contributed by atoms with van der Waals surface area (Å²) in [6.45, 7) is 4.33. The zero-order valence-electron chi connectivity index (χ0n) is 11.8. The lowest BCUT2D eigenvalue weighted by Crippen LogP contribution is -2.19. The van der Waals surface area contributed by atoms with Crippen molar-refractivity contribution in [3.63, 3.8) is 0 Å². The molecule has 0 atom stereocenters. The molecule has 5 nitrogen and oxygen atoms in total. The third-order valence-electron chi connectivity index (χ3n) is 2.85. The molecular formula is C15H14ClN5. The molecule has 0 aliphatic rings. The molecule has 0 saturated carbocycles. The van der Waals surface area contributed by atoms with E-state index in [0.717, 1.165) is 11.1 Å². The van der Waals surface area contributed by atoms with Gasteiger partial charge in [0.2, 0.25) is 0 Å². The predicted molar refractivity (Wildman–Crippen MR) is 83.6 cm³/mol. The molecule has 2 heterocycles. The van der Waals surface area contributed by atoms with Crippen molar-refractivity contribution in [1.82, 2.24) is 9.97 Å². The zero-order valence-corrected chi connectivity index (χ0v) is 12.5. The summed E-state index contributed by atoms with van der Waals surface area (Å²) in [6, 6.07) is 7.55. The molecule has 0 N–H and O–H groups in total. The maximum atomic E-state index is 9.30. The molecule has 106 valence electrons. The van der Waals surface area contributed by atoms with Crippen LogP contribution < -0.4 is 5.01 Å². The number of nitrogens with zero attached hydrogens (tertiary/aromatic N) is 5. The van der Waals surface area contributed by atoms with Crippen LogP contribution in [0.5, 0.6) is 0 Å². The van der Waals surface area contributed by atoms with E-state index in [-0.39, 0.29) is 0 Å². The van der Waals surface area contributed by atoms with Crippen molar-refractivity contribution < 1.29 is 0 Å². The summed E-state index contributed by atoms with van der Waals surface area (Å²) in [5.41, 5.74) is 2.13. The lowest BCUT2D eigenvalue weighted by molar-refractivity contribution is 0.869. The Morgan fingerprint density at radius 2 is 2.33 bits per heavy atom. The molecule has 0 aliphatic carbocycles. The number of aromatic nitrogens is 2. The van der Waals surface area contributed by atoms with E-state index in [9.17, 15) is 5.26 Å². The number of hydrazone groups is 1. The molecule has 2 aromatic rings. The van der Waals surface area contributed by atoms with Crippen LogP contribution in [0.3, 0.4) is 0 Å². The molecule has 6 heteroatoms. The van der Waals surface area contributed by atoms with Gasteiger partial charge in [0.25, 0.3) is 0 Å². The molecule has 0 saturated heterocycles. The average molecular weight is 300 g/mol. The van der Waals surface area contributed by atoms with E-state index >= 15 is 0 Å². The number of rotatable bonds is 4. The minimum atomic E-state index is 0.344. The van der Waals surface area contributed by atoms with Gasteiger partial charge in [0.1, 0.15) is 11.2 Å². The van der Waals surface area contributed by atoms with Crippen molar-refractivity contribution in [2.24, 2.45) is 5.10 Å². The van der Waals surface area contributed by atoms with Crippen molar-refractivity contribution in [1.29, 1.82) is 5.26 Å². The summed E-state index contributed by atoms with van der Waals surface area (Å²) in [7, 11) is 0. The number of halogens is 1. The van der Waals surface area contributed by atoms with Gasteiger partial charge >= 0.3 is 0 Å². The van der Waals surface area contributed by atoms with Gasteiger partial charge in [-0.05, 0) is 31.5 Å². The fraction of sp³-hybridized carbons (Fsp3) is 0.200. The highest BCUT2D eigenvalue weighted by molar-refractivity contribution is 6.29. The van der Waals surface area contributed by atoms with Crippen LogP contribution in [0.25, 0.3) is 0 Å². The second-order valence-corrected chi connectivity index (χ2v) is 4.71. The van der Waals surface area contributed by atoms with Gasteiger partial charge in [-0.1, -0.05) is 17.7 Å². The molecule has 0 bridgehead atoms. The monoisotopic (exact) mass is 299 g/mol. The van der Waals surface area contributed by atoms with Gasteiger partial charge in [-0.3, -0.25) is 4.98 Å². The first kappa shape index (κ1) is 14.9. The number of hydrogen-bond acceptors (Lipinski definition) is 5. The van der Waals surface area contributed by atoms with Gasteiger partial charge in [0.15, 0.2) is 5.82 Å². The van der Waals surface area contributed by atoms with Gasteiger partial charge in [-0.15, -0.1) is 0 Å². The third-order valence-corrected chi connectivity index (χ3v) is 3.05. The molecule has 0 spiro atoms. The van der Waals surface area contributed by atoms with Gasteiger partial charge in [0.05, 0.1) is 11.8 Å². The molecule has 0 radical (unpaired) electrons. The SMILES string of the molecule is CCN(N=Cc1cccnc1)c1nc(Cl)cc(C)c1C#N. The van der Waals surface area contributed by atoms with Gasteiger partial charge in [0, 0.05) is 24.5 Å². The van der Waals surface area contributed by atoms with Crippen LogP contribution in [-0.2, 0) is 0 Å². The van der Waals surface area contributed by atoms with Crippen LogP contribution in [0, 0.1) is 18.3 Å². The van der Waals surface area contributed by atoms with Gasteiger partial charge < -0.3 is 0 Å². The summed E-state index contributed by atoms with van der Waals surface area (Å²) in [5, 5.41) is 15.7. The largest absolute Gasteiger partial charge is 0.264 e. The fourth-order valence-corrected chi connectivity index (χ4v) is 2.06. The smallest absolute Gasteiger partial charge is 0.168 e. The quantitative estimate of drug-likeness (QED) is 0.494. The lowest BCUT2D eigenvalue weighted by Gasteiger charge is -2.18. The standard InChI is InChI=1S/C15H14ClN5/c1-3-21(19-10-12-5-4-6-18-9-12)15-13(8-17)11(2)7-14(16)20-15/h4-7,9-10H,3H2,1-2H3. The number of hydrogen-bond donors (Lipinski definition) is 0. The molecule has 2 aromatic heterocycles. The van der Waals surface area contributed by atoms with E-state index in [0.29, 0.717) is 23.1 Å². The minimum absolute atomic E-state index is 0.344. The maximum absolute atomic E-state index is 9.30. The summed E-state index contributed by atoms with van der Waals surface area (Å²) < 4.78 is 0. The van der Waals surface area contributed by atoms with E-state index in [1.165, 1.54) is 0 Å². The van der Waals surface area contributed by atoms with E-state index in [2.05, 4.69) is 21.1 Å². The Hall–Kier alpha value is -2.45. The Morgan fingerprint density at radius 3 is 2.95 bits per heavy atom. The second kappa shape index (κ2) is 6.82. The van der Waals surface area contributed by atoms with Crippen LogP contribution in [0.2, 0.25) is 5.15 Å². The normalized spacial score (nSPS) is 10.6. The Bertz CT molecular complexity index is 691.